The van der Waals surface area contributed by atoms with Crippen LogP contribution in [-0.2, 0) is 16.1 Å². The molecule has 1 atom stereocenters. The molecule has 0 aromatic carbocycles. The molecule has 0 aliphatic heterocycles. The van der Waals surface area contributed by atoms with E-state index in [9.17, 15) is 9.59 Å². The second-order valence-electron chi connectivity index (χ2n) is 6.82. The van der Waals surface area contributed by atoms with Gasteiger partial charge in [-0.3, -0.25) is 9.59 Å². The molecule has 1 fully saturated rings. The number of nitrogens with one attached hydrogen (secondary N) is 2. The van der Waals surface area contributed by atoms with Gasteiger partial charge < -0.3 is 15.1 Å². The van der Waals surface area contributed by atoms with Crippen molar-refractivity contribution in [1.82, 2.24) is 10.6 Å². The van der Waals surface area contributed by atoms with E-state index in [4.69, 9.17) is 4.42 Å². The highest BCUT2D eigenvalue weighted by Crippen LogP contribution is 2.24. The molecule has 1 saturated carbocycles. The summed E-state index contributed by atoms with van der Waals surface area (Å²) in [5, 5.41) is 5.82. The lowest BCUT2D eigenvalue weighted by molar-refractivity contribution is -0.132. The van der Waals surface area contributed by atoms with Gasteiger partial charge in [0.2, 0.25) is 11.8 Å². The monoisotopic (exact) mass is 320 g/mol. The number of hydrogen-bond donors (Lipinski definition) is 2. The van der Waals surface area contributed by atoms with Crippen LogP contribution >= 0.6 is 0 Å². The minimum atomic E-state index is -0.473. The Bertz CT molecular complexity index is 490. The van der Waals surface area contributed by atoms with Gasteiger partial charge in [0.1, 0.15) is 11.8 Å². The van der Waals surface area contributed by atoms with Gasteiger partial charge in [-0.1, -0.05) is 33.1 Å². The average molecular weight is 320 g/mol. The topological polar surface area (TPSA) is 71.3 Å². The van der Waals surface area contributed by atoms with Crippen LogP contribution in [0, 0.1) is 11.8 Å². The van der Waals surface area contributed by atoms with Crippen LogP contribution in [0.2, 0.25) is 0 Å². The first kappa shape index (κ1) is 17.6. The van der Waals surface area contributed by atoms with E-state index >= 15 is 0 Å². The number of hydrogen-bond acceptors (Lipinski definition) is 3. The SMILES string of the molecule is CC(C)C[C@H](NC(=O)C1CCCCC1)C(=O)NCc1ccco1. The largest absolute Gasteiger partial charge is 0.467 e. The molecule has 5 nitrogen and oxygen atoms in total. The van der Waals surface area contributed by atoms with Gasteiger partial charge >= 0.3 is 0 Å². The Morgan fingerprint density at radius 3 is 2.61 bits per heavy atom. The maximum atomic E-state index is 12.4. The van der Waals surface area contributed by atoms with Crippen LogP contribution < -0.4 is 10.6 Å². The fourth-order valence-electron chi connectivity index (χ4n) is 3.07. The summed E-state index contributed by atoms with van der Waals surface area (Å²) in [5.74, 6) is 1.00. The molecule has 5 heteroatoms. The molecule has 0 spiro atoms. The summed E-state index contributed by atoms with van der Waals surface area (Å²) in [6, 6.07) is 3.13. The van der Waals surface area contributed by atoms with Gasteiger partial charge in [0.05, 0.1) is 12.8 Å². The Morgan fingerprint density at radius 2 is 2.00 bits per heavy atom. The van der Waals surface area contributed by atoms with Crippen LogP contribution in [0.15, 0.2) is 22.8 Å². The maximum absolute atomic E-state index is 12.4. The van der Waals surface area contributed by atoms with Crippen molar-refractivity contribution in [2.45, 2.75) is 65.0 Å². The zero-order chi connectivity index (χ0) is 16.7. The first-order valence-corrected chi connectivity index (χ1v) is 8.66. The lowest BCUT2D eigenvalue weighted by atomic mass is 9.88. The van der Waals surface area contributed by atoms with E-state index in [1.807, 2.05) is 6.07 Å². The number of carbonyl (C=O) groups excluding carboxylic acids is 2. The minimum Gasteiger partial charge on any atom is -0.467 e. The third kappa shape index (κ3) is 5.73. The number of rotatable bonds is 7. The van der Waals surface area contributed by atoms with Crippen LogP contribution in [0.25, 0.3) is 0 Å². The predicted molar refractivity (Wildman–Crippen MR) is 88.5 cm³/mol. The summed E-state index contributed by atoms with van der Waals surface area (Å²) in [6.45, 7) is 4.46. The minimum absolute atomic E-state index is 0.0310. The van der Waals surface area contributed by atoms with Crippen LogP contribution in [0.3, 0.4) is 0 Å². The Hall–Kier alpha value is -1.78. The third-order valence-electron chi connectivity index (χ3n) is 4.33. The molecule has 0 unspecified atom stereocenters. The van der Waals surface area contributed by atoms with Crippen molar-refractivity contribution in [3.8, 4) is 0 Å². The van der Waals surface area contributed by atoms with Crippen molar-refractivity contribution < 1.29 is 14.0 Å². The molecule has 128 valence electrons. The third-order valence-corrected chi connectivity index (χ3v) is 4.33. The second-order valence-corrected chi connectivity index (χ2v) is 6.82. The number of carbonyl (C=O) groups is 2. The van der Waals surface area contributed by atoms with Gasteiger partial charge in [-0.15, -0.1) is 0 Å². The fourth-order valence-corrected chi connectivity index (χ4v) is 3.07. The van der Waals surface area contributed by atoms with Crippen molar-refractivity contribution >= 4 is 11.8 Å². The fraction of sp³-hybridized carbons (Fsp3) is 0.667. The summed E-state index contributed by atoms with van der Waals surface area (Å²) in [5.41, 5.74) is 0. The number of amides is 2. The van der Waals surface area contributed by atoms with E-state index in [0.29, 0.717) is 24.6 Å². The van der Waals surface area contributed by atoms with Crippen molar-refractivity contribution in [1.29, 1.82) is 0 Å². The van der Waals surface area contributed by atoms with Crippen molar-refractivity contribution in [2.24, 2.45) is 11.8 Å². The van der Waals surface area contributed by atoms with E-state index in [-0.39, 0.29) is 17.7 Å². The molecular weight excluding hydrogens is 292 g/mol. The quantitative estimate of drug-likeness (QED) is 0.811. The molecule has 1 aromatic rings. The zero-order valence-electron chi connectivity index (χ0n) is 14.1. The molecule has 0 radical (unpaired) electrons. The summed E-state index contributed by atoms with van der Waals surface area (Å²) < 4.78 is 5.22. The molecule has 2 amide bonds. The van der Waals surface area contributed by atoms with Crippen molar-refractivity contribution in [3.05, 3.63) is 24.2 Å². The van der Waals surface area contributed by atoms with Gasteiger partial charge in [-0.05, 0) is 37.3 Å². The highest BCUT2D eigenvalue weighted by atomic mass is 16.3. The van der Waals surface area contributed by atoms with Gasteiger partial charge in [0, 0.05) is 5.92 Å². The molecule has 1 aliphatic rings. The van der Waals surface area contributed by atoms with E-state index in [2.05, 4.69) is 24.5 Å². The van der Waals surface area contributed by atoms with Gasteiger partial charge in [0.25, 0.3) is 0 Å². The van der Waals surface area contributed by atoms with E-state index in [0.717, 1.165) is 25.7 Å². The molecule has 0 bridgehead atoms. The van der Waals surface area contributed by atoms with Crippen LogP contribution in [0.5, 0.6) is 0 Å². The van der Waals surface area contributed by atoms with Crippen molar-refractivity contribution in [3.63, 3.8) is 0 Å². The highest BCUT2D eigenvalue weighted by molar-refractivity contribution is 5.88. The highest BCUT2D eigenvalue weighted by Gasteiger charge is 2.27. The van der Waals surface area contributed by atoms with Gasteiger partial charge in [-0.2, -0.15) is 0 Å². The summed E-state index contributed by atoms with van der Waals surface area (Å²) in [4.78, 5) is 24.8. The molecule has 1 aromatic heterocycles. The molecule has 2 N–H and O–H groups in total. The predicted octanol–water partition coefficient (Wildman–Crippen LogP) is 3.01. The lowest BCUT2D eigenvalue weighted by Crippen LogP contribution is -2.49. The summed E-state index contributed by atoms with van der Waals surface area (Å²) in [7, 11) is 0. The van der Waals surface area contributed by atoms with E-state index < -0.39 is 6.04 Å². The molecular formula is C18H28N2O3. The lowest BCUT2D eigenvalue weighted by Gasteiger charge is -2.25. The van der Waals surface area contributed by atoms with Crippen molar-refractivity contribution in [2.75, 3.05) is 0 Å². The van der Waals surface area contributed by atoms with E-state index in [1.54, 1.807) is 12.3 Å². The maximum Gasteiger partial charge on any atom is 0.242 e. The molecule has 0 saturated heterocycles. The first-order valence-electron chi connectivity index (χ1n) is 8.66. The van der Waals surface area contributed by atoms with Crippen LogP contribution in [-0.4, -0.2) is 17.9 Å². The molecule has 1 heterocycles. The summed E-state index contributed by atoms with van der Waals surface area (Å²) >= 11 is 0. The molecule has 2 rings (SSSR count). The van der Waals surface area contributed by atoms with Crippen LogP contribution in [0.1, 0.15) is 58.1 Å². The first-order chi connectivity index (χ1) is 11.1. The summed E-state index contributed by atoms with van der Waals surface area (Å²) in [6.07, 6.45) is 7.53. The standard InChI is InChI=1S/C18H28N2O3/c1-13(2)11-16(18(22)19-12-15-9-6-10-23-15)20-17(21)14-7-4-3-5-8-14/h6,9-10,13-14,16H,3-5,7-8,11-12H2,1-2H3,(H,19,22)(H,20,21)/t16-/m0/s1. The Morgan fingerprint density at radius 1 is 1.26 bits per heavy atom. The van der Waals surface area contributed by atoms with E-state index in [1.165, 1.54) is 6.42 Å². The average Bonchev–Trinajstić information content (AvgIpc) is 3.05. The molecule has 1 aliphatic carbocycles. The van der Waals surface area contributed by atoms with Gasteiger partial charge in [0.15, 0.2) is 0 Å². The second kappa shape index (κ2) is 8.75. The van der Waals surface area contributed by atoms with Gasteiger partial charge in [-0.25, -0.2) is 0 Å². The molecule has 23 heavy (non-hydrogen) atoms. The Kier molecular flexibility index (Phi) is 6.68. The zero-order valence-corrected chi connectivity index (χ0v) is 14.1. The Labute approximate surface area is 138 Å². The number of furan rings is 1. The smallest absolute Gasteiger partial charge is 0.242 e. The Balaban J connectivity index is 1.89. The van der Waals surface area contributed by atoms with Crippen LogP contribution in [0.4, 0.5) is 0 Å². The normalized spacial score (nSPS) is 17.0.